The highest BCUT2D eigenvalue weighted by atomic mass is 35.5. The fourth-order valence-corrected chi connectivity index (χ4v) is 1.56. The zero-order chi connectivity index (χ0) is 15.1. The minimum atomic E-state index is -0.848. The van der Waals surface area contributed by atoms with Gasteiger partial charge in [-0.25, -0.2) is 9.18 Å². The predicted octanol–water partition coefficient (Wildman–Crippen LogP) is 2.52. The number of benzene rings is 1. The van der Waals surface area contributed by atoms with E-state index in [0.717, 1.165) is 12.1 Å². The first-order valence-electron chi connectivity index (χ1n) is 5.67. The lowest BCUT2D eigenvalue weighted by atomic mass is 10.1. The van der Waals surface area contributed by atoms with E-state index in [-0.39, 0.29) is 22.9 Å². The maximum atomic E-state index is 13.6. The van der Waals surface area contributed by atoms with Crippen LogP contribution in [0.5, 0.6) is 5.75 Å². The number of carbonyl (C=O) groups is 2. The van der Waals surface area contributed by atoms with Crippen LogP contribution in [0.2, 0.25) is 5.02 Å². The molecule has 1 rings (SSSR count). The lowest BCUT2D eigenvalue weighted by molar-refractivity contribution is -0.145. The summed E-state index contributed by atoms with van der Waals surface area (Å²) in [6, 6.07) is 3.59. The van der Waals surface area contributed by atoms with Gasteiger partial charge in [0.15, 0.2) is 12.4 Å². The molecule has 0 unspecified atom stereocenters. The molecule has 0 N–H and O–H groups in total. The maximum Gasteiger partial charge on any atom is 0.344 e. The number of hydrogen-bond donors (Lipinski definition) is 0. The summed E-state index contributed by atoms with van der Waals surface area (Å²) in [7, 11) is 0. The molecule has 1 aromatic carbocycles. The highest BCUT2D eigenvalue weighted by Crippen LogP contribution is 2.28. The second-order valence-corrected chi connectivity index (χ2v) is 4.02. The number of nitriles is 1. The summed E-state index contributed by atoms with van der Waals surface area (Å²) in [5.41, 5.74) is -0.310. The first kappa shape index (κ1) is 15.9. The third-order valence-corrected chi connectivity index (χ3v) is 2.51. The third kappa shape index (κ3) is 4.21. The smallest absolute Gasteiger partial charge is 0.344 e. The van der Waals surface area contributed by atoms with Gasteiger partial charge in [-0.2, -0.15) is 5.26 Å². The van der Waals surface area contributed by atoms with E-state index in [9.17, 15) is 14.0 Å². The number of nitrogens with zero attached hydrogens (tertiary/aromatic N) is 1. The molecule has 5 nitrogen and oxygen atoms in total. The number of ketones is 1. The third-order valence-electron chi connectivity index (χ3n) is 2.21. The molecule has 106 valence electrons. The van der Waals surface area contributed by atoms with Crippen LogP contribution in [0.15, 0.2) is 12.1 Å². The SMILES string of the molecule is CCOC(=O)COc1cc(C(=O)CC#N)c(F)cc1Cl. The molecule has 20 heavy (non-hydrogen) atoms. The summed E-state index contributed by atoms with van der Waals surface area (Å²) < 4.78 is 23.3. The number of hydrogen-bond acceptors (Lipinski definition) is 5. The molecule has 0 saturated heterocycles. The molecule has 7 heteroatoms. The van der Waals surface area contributed by atoms with Crippen molar-refractivity contribution in [2.24, 2.45) is 0 Å². The number of carbonyl (C=O) groups excluding carboxylic acids is 2. The molecule has 0 amide bonds. The van der Waals surface area contributed by atoms with Gasteiger partial charge in [0, 0.05) is 0 Å². The maximum absolute atomic E-state index is 13.6. The van der Waals surface area contributed by atoms with Crippen molar-refractivity contribution in [1.82, 2.24) is 0 Å². The summed E-state index contributed by atoms with van der Waals surface area (Å²) in [5, 5.41) is 8.35. The average Bonchev–Trinajstić information content (AvgIpc) is 2.38. The minimum Gasteiger partial charge on any atom is -0.480 e. The number of rotatable bonds is 6. The van der Waals surface area contributed by atoms with Crippen LogP contribution in [0.3, 0.4) is 0 Å². The van der Waals surface area contributed by atoms with Gasteiger partial charge in [-0.1, -0.05) is 11.6 Å². The second-order valence-electron chi connectivity index (χ2n) is 3.61. The van der Waals surface area contributed by atoms with E-state index >= 15 is 0 Å². The number of Topliss-reactive ketones (excluding diaryl/α,β-unsaturated/α-hetero) is 1. The standard InChI is InChI=1S/C13H11ClFNO4/c1-2-19-13(18)7-20-12-5-8(11(17)3-4-16)10(15)6-9(12)14/h5-6H,2-3,7H2,1H3. The Kier molecular flexibility index (Phi) is 5.94. The number of halogens is 2. The summed E-state index contributed by atoms with van der Waals surface area (Å²) in [4.78, 5) is 22.7. The van der Waals surface area contributed by atoms with Gasteiger partial charge in [0.2, 0.25) is 0 Å². The summed E-state index contributed by atoms with van der Waals surface area (Å²) in [5.74, 6) is -2.18. The molecule has 0 aromatic heterocycles. The topological polar surface area (TPSA) is 76.4 Å². The largest absolute Gasteiger partial charge is 0.480 e. The van der Waals surface area contributed by atoms with Crippen molar-refractivity contribution < 1.29 is 23.5 Å². The van der Waals surface area contributed by atoms with Crippen molar-refractivity contribution in [2.75, 3.05) is 13.2 Å². The van der Waals surface area contributed by atoms with E-state index < -0.39 is 30.6 Å². The second kappa shape index (κ2) is 7.46. The van der Waals surface area contributed by atoms with Crippen molar-refractivity contribution in [3.05, 3.63) is 28.5 Å². The van der Waals surface area contributed by atoms with Crippen LogP contribution in [0.4, 0.5) is 4.39 Å². The van der Waals surface area contributed by atoms with Crippen LogP contribution >= 0.6 is 11.6 Å². The molecule has 0 saturated carbocycles. The zero-order valence-electron chi connectivity index (χ0n) is 10.6. The molecule has 0 aliphatic heterocycles. The van der Waals surface area contributed by atoms with Gasteiger partial charge in [-0.05, 0) is 19.1 Å². The monoisotopic (exact) mass is 299 g/mol. The molecule has 0 radical (unpaired) electrons. The summed E-state index contributed by atoms with van der Waals surface area (Å²) >= 11 is 5.75. The van der Waals surface area contributed by atoms with E-state index in [2.05, 4.69) is 4.74 Å². The lowest BCUT2D eigenvalue weighted by Crippen LogP contribution is -2.15. The Morgan fingerprint density at radius 2 is 2.15 bits per heavy atom. The van der Waals surface area contributed by atoms with Gasteiger partial charge < -0.3 is 9.47 Å². The molecular formula is C13H11ClFNO4. The number of esters is 1. The Balaban J connectivity index is 2.92. The van der Waals surface area contributed by atoms with Crippen LogP contribution in [0.25, 0.3) is 0 Å². The van der Waals surface area contributed by atoms with Crippen molar-refractivity contribution in [3.8, 4) is 11.8 Å². The Morgan fingerprint density at radius 1 is 1.45 bits per heavy atom. The van der Waals surface area contributed by atoms with Gasteiger partial charge in [-0.15, -0.1) is 0 Å². The average molecular weight is 300 g/mol. The normalized spacial score (nSPS) is 9.70. The van der Waals surface area contributed by atoms with Gasteiger partial charge in [0.25, 0.3) is 0 Å². The van der Waals surface area contributed by atoms with E-state index in [4.69, 9.17) is 21.6 Å². The highest BCUT2D eigenvalue weighted by molar-refractivity contribution is 6.32. The van der Waals surface area contributed by atoms with Crippen LogP contribution in [-0.2, 0) is 9.53 Å². The van der Waals surface area contributed by atoms with Crippen LogP contribution < -0.4 is 4.74 Å². The van der Waals surface area contributed by atoms with Crippen molar-refractivity contribution in [1.29, 1.82) is 5.26 Å². The molecule has 0 bridgehead atoms. The van der Waals surface area contributed by atoms with Crippen LogP contribution in [-0.4, -0.2) is 25.0 Å². The molecule has 1 aromatic rings. The Hall–Kier alpha value is -2.13. The van der Waals surface area contributed by atoms with E-state index in [1.165, 1.54) is 0 Å². The number of ether oxygens (including phenoxy) is 2. The molecular weight excluding hydrogens is 289 g/mol. The Morgan fingerprint density at radius 3 is 2.75 bits per heavy atom. The van der Waals surface area contributed by atoms with Gasteiger partial charge in [0.1, 0.15) is 11.6 Å². The quantitative estimate of drug-likeness (QED) is 0.596. The van der Waals surface area contributed by atoms with Crippen molar-refractivity contribution in [2.45, 2.75) is 13.3 Å². The van der Waals surface area contributed by atoms with Gasteiger partial charge in [0.05, 0.1) is 29.7 Å². The van der Waals surface area contributed by atoms with E-state index in [1.807, 2.05) is 0 Å². The predicted molar refractivity (Wildman–Crippen MR) is 68.1 cm³/mol. The Bertz CT molecular complexity index is 568. The van der Waals surface area contributed by atoms with Crippen LogP contribution in [0.1, 0.15) is 23.7 Å². The molecule has 0 aliphatic rings. The molecule has 0 heterocycles. The molecule has 0 fully saturated rings. The Labute approximate surface area is 119 Å². The minimum absolute atomic E-state index is 0.0255. The molecule has 0 aliphatic carbocycles. The van der Waals surface area contributed by atoms with E-state index in [1.54, 1.807) is 13.0 Å². The van der Waals surface area contributed by atoms with Crippen molar-refractivity contribution >= 4 is 23.4 Å². The zero-order valence-corrected chi connectivity index (χ0v) is 11.4. The first-order chi connectivity index (χ1) is 9.49. The summed E-state index contributed by atoms with van der Waals surface area (Å²) in [6.45, 7) is 1.43. The fraction of sp³-hybridized carbons (Fsp3) is 0.308. The molecule has 0 atom stereocenters. The van der Waals surface area contributed by atoms with Gasteiger partial charge >= 0.3 is 5.97 Å². The summed E-state index contributed by atoms with van der Waals surface area (Å²) in [6.07, 6.45) is -0.462. The lowest BCUT2D eigenvalue weighted by Gasteiger charge is -2.09. The van der Waals surface area contributed by atoms with Gasteiger partial charge in [-0.3, -0.25) is 4.79 Å². The van der Waals surface area contributed by atoms with E-state index in [0.29, 0.717) is 0 Å². The van der Waals surface area contributed by atoms with Crippen molar-refractivity contribution in [3.63, 3.8) is 0 Å². The highest BCUT2D eigenvalue weighted by Gasteiger charge is 2.16. The first-order valence-corrected chi connectivity index (χ1v) is 6.05. The fourth-order valence-electron chi connectivity index (χ4n) is 1.36. The van der Waals surface area contributed by atoms with Crippen LogP contribution in [0, 0.1) is 17.1 Å². The molecule has 0 spiro atoms.